The first-order valence-electron chi connectivity index (χ1n) is 7.88. The summed E-state index contributed by atoms with van der Waals surface area (Å²) < 4.78 is 19.7. The molecule has 0 aliphatic carbocycles. The molecule has 0 aliphatic rings. The zero-order valence-electron chi connectivity index (χ0n) is 14.9. The Morgan fingerprint density at radius 1 is 1.22 bits per heavy atom. The molecular formula is C17H18FN3O5S. The van der Waals surface area contributed by atoms with Crippen LogP contribution in [0.4, 0.5) is 10.1 Å². The van der Waals surface area contributed by atoms with Crippen LogP contribution in [-0.2, 0) is 23.6 Å². The topological polar surface area (TPSA) is 103 Å². The minimum Gasteiger partial charge on any atom is -0.494 e. The number of thioether (sulfide) groups is 1. The molecule has 0 unspecified atom stereocenters. The van der Waals surface area contributed by atoms with Gasteiger partial charge < -0.3 is 9.84 Å². The molecule has 8 nitrogen and oxygen atoms in total. The Labute approximate surface area is 157 Å². The van der Waals surface area contributed by atoms with Crippen LogP contribution < -0.4 is 11.2 Å². The molecule has 0 spiro atoms. The van der Waals surface area contributed by atoms with E-state index >= 15 is 0 Å². The van der Waals surface area contributed by atoms with E-state index in [0.717, 1.165) is 20.9 Å². The molecule has 0 saturated carbocycles. The third-order valence-corrected chi connectivity index (χ3v) is 4.49. The molecule has 1 aromatic carbocycles. The van der Waals surface area contributed by atoms with Gasteiger partial charge in [0.15, 0.2) is 0 Å². The Kier molecular flexibility index (Phi) is 6.56. The predicted octanol–water partition coefficient (Wildman–Crippen LogP) is 1.30. The van der Waals surface area contributed by atoms with E-state index < -0.39 is 28.9 Å². The molecule has 0 atom stereocenters. The van der Waals surface area contributed by atoms with Crippen molar-refractivity contribution < 1.29 is 19.0 Å². The van der Waals surface area contributed by atoms with Gasteiger partial charge in [-0.2, -0.15) is 0 Å². The summed E-state index contributed by atoms with van der Waals surface area (Å²) in [4.78, 5) is 40.4. The van der Waals surface area contributed by atoms with Gasteiger partial charge in [0, 0.05) is 14.1 Å². The minimum atomic E-state index is -0.771. The zero-order valence-corrected chi connectivity index (χ0v) is 15.7. The Balaban J connectivity index is 2.59. The third kappa shape index (κ3) is 4.64. The van der Waals surface area contributed by atoms with Crippen molar-refractivity contribution in [1.29, 1.82) is 0 Å². The number of rotatable bonds is 5. The highest BCUT2D eigenvalue weighted by Crippen LogP contribution is 2.23. The predicted molar refractivity (Wildman–Crippen MR) is 100 cm³/mol. The van der Waals surface area contributed by atoms with Crippen LogP contribution in [-0.4, -0.2) is 37.6 Å². The van der Waals surface area contributed by atoms with E-state index in [4.69, 9.17) is 4.74 Å². The molecule has 0 bridgehead atoms. The second-order valence-corrected chi connectivity index (χ2v) is 6.36. The molecule has 2 rings (SSSR count). The van der Waals surface area contributed by atoms with E-state index in [0.29, 0.717) is 5.69 Å². The highest BCUT2D eigenvalue weighted by Gasteiger charge is 2.22. The van der Waals surface area contributed by atoms with Crippen LogP contribution in [0.15, 0.2) is 38.8 Å². The van der Waals surface area contributed by atoms with Gasteiger partial charge in [-0.25, -0.2) is 14.2 Å². The maximum absolute atomic E-state index is 13.1. The fourth-order valence-electron chi connectivity index (χ4n) is 2.14. The summed E-state index contributed by atoms with van der Waals surface area (Å²) >= 11 is 0.866. The molecule has 10 heteroatoms. The number of aromatic nitrogens is 2. The Bertz CT molecular complexity index is 995. The molecule has 0 amide bonds. The van der Waals surface area contributed by atoms with Crippen LogP contribution in [0.5, 0.6) is 5.88 Å². The number of carbonyl (C=O) groups is 1. The van der Waals surface area contributed by atoms with Gasteiger partial charge in [-0.3, -0.25) is 18.7 Å². The van der Waals surface area contributed by atoms with E-state index in [9.17, 15) is 23.9 Å². The van der Waals surface area contributed by atoms with Crippen LogP contribution in [0, 0.1) is 5.82 Å². The first kappa shape index (κ1) is 20.4. The second-order valence-electron chi connectivity index (χ2n) is 5.39. The van der Waals surface area contributed by atoms with E-state index in [-0.39, 0.29) is 23.0 Å². The normalized spacial score (nSPS) is 11.5. The van der Waals surface area contributed by atoms with E-state index in [2.05, 4.69) is 4.99 Å². The number of nitrogens with zero attached hydrogens (tertiary/aromatic N) is 3. The summed E-state index contributed by atoms with van der Waals surface area (Å²) in [7, 11) is 2.56. The number of ether oxygens (including phenoxy) is 1. The number of halogens is 1. The SMILES string of the molecule is CCOC(=O)CSC(=Nc1ccc(F)cc1)c1c(O)n(C)c(=O)n(C)c1=O. The summed E-state index contributed by atoms with van der Waals surface area (Å²) in [5.41, 5.74) is -1.41. The quantitative estimate of drug-likeness (QED) is 0.465. The Hall–Kier alpha value is -2.88. The number of carbonyl (C=O) groups excluding carboxylic acids is 1. The lowest BCUT2D eigenvalue weighted by molar-refractivity contribution is -0.139. The van der Waals surface area contributed by atoms with Gasteiger partial charge in [0.25, 0.3) is 5.56 Å². The second kappa shape index (κ2) is 8.67. The van der Waals surface area contributed by atoms with Crippen molar-refractivity contribution in [2.24, 2.45) is 19.1 Å². The first-order valence-corrected chi connectivity index (χ1v) is 8.86. The molecule has 0 radical (unpaired) electrons. The largest absolute Gasteiger partial charge is 0.494 e. The maximum Gasteiger partial charge on any atom is 0.333 e. The molecule has 2 aromatic rings. The fraction of sp³-hybridized carbons (Fsp3) is 0.294. The van der Waals surface area contributed by atoms with Crippen LogP contribution in [0.1, 0.15) is 12.5 Å². The summed E-state index contributed by atoms with van der Waals surface area (Å²) in [6.07, 6.45) is 0. The van der Waals surface area contributed by atoms with Gasteiger partial charge in [-0.1, -0.05) is 11.8 Å². The molecule has 0 fully saturated rings. The standard InChI is InChI=1S/C17H18FN3O5S/c1-4-26-12(22)9-27-14(19-11-7-5-10(18)6-8-11)13-15(23)20(2)17(25)21(3)16(13)24/h5-8,23H,4,9H2,1-3H3. The van der Waals surface area contributed by atoms with Crippen molar-refractivity contribution in [1.82, 2.24) is 9.13 Å². The monoisotopic (exact) mass is 395 g/mol. The summed E-state index contributed by atoms with van der Waals surface area (Å²) in [5, 5.41) is 10.3. The highest BCUT2D eigenvalue weighted by atomic mass is 32.2. The molecule has 1 heterocycles. The number of aromatic hydroxyl groups is 1. The number of esters is 1. The first-order chi connectivity index (χ1) is 12.8. The van der Waals surface area contributed by atoms with Crippen LogP contribution in [0.25, 0.3) is 0 Å². The lowest BCUT2D eigenvalue weighted by Gasteiger charge is -2.12. The molecule has 0 aliphatic heterocycles. The molecule has 27 heavy (non-hydrogen) atoms. The van der Waals surface area contributed by atoms with Crippen LogP contribution >= 0.6 is 11.8 Å². The summed E-state index contributed by atoms with van der Waals surface area (Å²) in [5.74, 6) is -1.74. The number of benzene rings is 1. The average Bonchev–Trinajstić information content (AvgIpc) is 2.64. The van der Waals surface area contributed by atoms with Crippen molar-refractivity contribution in [2.45, 2.75) is 6.92 Å². The Morgan fingerprint density at radius 2 is 1.85 bits per heavy atom. The Morgan fingerprint density at radius 3 is 2.44 bits per heavy atom. The van der Waals surface area contributed by atoms with Gasteiger partial charge in [-0.05, 0) is 31.2 Å². The van der Waals surface area contributed by atoms with E-state index in [1.165, 1.54) is 38.4 Å². The van der Waals surface area contributed by atoms with Gasteiger partial charge in [0.1, 0.15) is 16.4 Å². The number of hydrogen-bond donors (Lipinski definition) is 1. The molecule has 1 N–H and O–H groups in total. The summed E-state index contributed by atoms with van der Waals surface area (Å²) in [6.45, 7) is 1.85. The van der Waals surface area contributed by atoms with Gasteiger partial charge in [0.05, 0.1) is 18.0 Å². The number of aliphatic imine (C=N–C) groups is 1. The summed E-state index contributed by atoms with van der Waals surface area (Å²) in [6, 6.07) is 5.13. The lowest BCUT2D eigenvalue weighted by atomic mass is 10.3. The number of hydrogen-bond acceptors (Lipinski definition) is 7. The average molecular weight is 395 g/mol. The van der Waals surface area contributed by atoms with Crippen LogP contribution in [0.2, 0.25) is 0 Å². The molecule has 1 aromatic heterocycles. The third-order valence-electron chi connectivity index (χ3n) is 3.54. The molecule has 144 valence electrons. The van der Waals surface area contributed by atoms with Crippen molar-refractivity contribution in [3.8, 4) is 5.88 Å². The van der Waals surface area contributed by atoms with Crippen molar-refractivity contribution in [3.63, 3.8) is 0 Å². The van der Waals surface area contributed by atoms with Crippen molar-refractivity contribution in [3.05, 3.63) is 56.5 Å². The maximum atomic E-state index is 13.1. The van der Waals surface area contributed by atoms with E-state index in [1.54, 1.807) is 6.92 Å². The smallest absolute Gasteiger partial charge is 0.333 e. The van der Waals surface area contributed by atoms with Crippen LogP contribution in [0.3, 0.4) is 0 Å². The zero-order chi connectivity index (χ0) is 20.1. The van der Waals surface area contributed by atoms with Gasteiger partial charge in [0.2, 0.25) is 5.88 Å². The van der Waals surface area contributed by atoms with E-state index in [1.807, 2.05) is 0 Å². The molecular weight excluding hydrogens is 377 g/mol. The van der Waals surface area contributed by atoms with Gasteiger partial charge >= 0.3 is 11.7 Å². The van der Waals surface area contributed by atoms with Gasteiger partial charge in [-0.15, -0.1) is 0 Å². The fourth-order valence-corrected chi connectivity index (χ4v) is 2.97. The minimum absolute atomic E-state index is 0.00311. The lowest BCUT2D eigenvalue weighted by Crippen LogP contribution is -2.39. The highest BCUT2D eigenvalue weighted by molar-refractivity contribution is 8.15. The molecule has 0 saturated heterocycles. The van der Waals surface area contributed by atoms with Crippen molar-refractivity contribution in [2.75, 3.05) is 12.4 Å². The van der Waals surface area contributed by atoms with Crippen molar-refractivity contribution >= 4 is 28.5 Å².